The van der Waals surface area contributed by atoms with Crippen molar-refractivity contribution in [3.8, 4) is 0 Å². The van der Waals surface area contributed by atoms with Crippen LogP contribution in [0.3, 0.4) is 0 Å². The van der Waals surface area contributed by atoms with E-state index in [4.69, 9.17) is 0 Å². The molecule has 1 aliphatic carbocycles. The molecule has 1 saturated carbocycles. The maximum Gasteiger partial charge on any atom is 0.245 e. The molecule has 5 atom stereocenters. The van der Waals surface area contributed by atoms with Gasteiger partial charge in [-0.1, -0.05) is 69.2 Å². The number of unbranched alkanes of at least 4 members (excludes halogenated alkanes) is 3. The maximum absolute atomic E-state index is 13.0. The molecule has 0 spiro atoms. The van der Waals surface area contributed by atoms with E-state index >= 15 is 0 Å². The lowest BCUT2D eigenvalue weighted by Gasteiger charge is -2.26. The number of aliphatic hydroxyl groups is 2. The van der Waals surface area contributed by atoms with Gasteiger partial charge in [0, 0.05) is 31.2 Å². The fourth-order valence-corrected chi connectivity index (χ4v) is 5.00. The van der Waals surface area contributed by atoms with Gasteiger partial charge < -0.3 is 31.5 Å². The number of nitrogens with one attached hydrogen (secondary N) is 4. The zero-order valence-corrected chi connectivity index (χ0v) is 23.9. The van der Waals surface area contributed by atoms with Crippen LogP contribution in [0.2, 0.25) is 0 Å². The van der Waals surface area contributed by atoms with Gasteiger partial charge in [0.2, 0.25) is 23.6 Å². The molecule has 1 heterocycles. The van der Waals surface area contributed by atoms with Gasteiger partial charge in [0.25, 0.3) is 0 Å². The first-order valence-corrected chi connectivity index (χ1v) is 14.7. The average molecular weight is 561 g/mol. The summed E-state index contributed by atoms with van der Waals surface area (Å²) in [6, 6.07) is -2.91. The largest absolute Gasteiger partial charge is 0.393 e. The molecular formula is C30H48N4O6. The Morgan fingerprint density at radius 2 is 1.88 bits per heavy atom. The number of aliphatic hydroxyl groups excluding tert-OH is 2. The lowest BCUT2D eigenvalue weighted by molar-refractivity contribution is -0.134. The lowest BCUT2D eigenvalue weighted by atomic mass is 9.99. The van der Waals surface area contributed by atoms with Crippen LogP contribution in [-0.2, 0) is 19.2 Å². The number of hydrogen-bond acceptors (Lipinski definition) is 6. The Hall–Kier alpha value is -2.98. The number of rotatable bonds is 12. The van der Waals surface area contributed by atoms with Crippen LogP contribution < -0.4 is 21.3 Å². The number of amides is 4. The Labute approximate surface area is 238 Å². The molecule has 0 aromatic heterocycles. The highest BCUT2D eigenvalue weighted by atomic mass is 16.3. The van der Waals surface area contributed by atoms with Crippen LogP contribution in [0.15, 0.2) is 36.5 Å². The normalized spacial score (nSPS) is 25.4. The van der Waals surface area contributed by atoms with E-state index in [0.29, 0.717) is 0 Å². The summed E-state index contributed by atoms with van der Waals surface area (Å²) in [5, 5.41) is 30.9. The van der Waals surface area contributed by atoms with Gasteiger partial charge in [0.1, 0.15) is 12.1 Å². The molecule has 0 saturated heterocycles. The summed E-state index contributed by atoms with van der Waals surface area (Å²) in [6.45, 7) is 3.24. The third-order valence-electron chi connectivity index (χ3n) is 7.34. The van der Waals surface area contributed by atoms with E-state index in [1.165, 1.54) is 70.1 Å². The van der Waals surface area contributed by atoms with Crippen molar-refractivity contribution in [2.45, 2.75) is 115 Å². The molecular weight excluding hydrogens is 512 g/mol. The minimum atomic E-state index is -1.30. The molecule has 40 heavy (non-hydrogen) atoms. The summed E-state index contributed by atoms with van der Waals surface area (Å²) >= 11 is 0. The van der Waals surface area contributed by atoms with Gasteiger partial charge in [-0.3, -0.25) is 19.2 Å². The highest BCUT2D eigenvalue weighted by Gasteiger charge is 2.31. The van der Waals surface area contributed by atoms with Crippen LogP contribution in [0.25, 0.3) is 0 Å². The van der Waals surface area contributed by atoms with Crippen LogP contribution >= 0.6 is 0 Å². The summed E-state index contributed by atoms with van der Waals surface area (Å²) in [5.74, 6) is -1.26. The molecule has 1 aliphatic heterocycles. The topological polar surface area (TPSA) is 157 Å². The Morgan fingerprint density at radius 3 is 2.60 bits per heavy atom. The smallest absolute Gasteiger partial charge is 0.245 e. The summed E-state index contributed by atoms with van der Waals surface area (Å²) in [7, 11) is 0. The van der Waals surface area contributed by atoms with E-state index in [-0.39, 0.29) is 25.3 Å². The summed E-state index contributed by atoms with van der Waals surface area (Å²) < 4.78 is 0. The maximum atomic E-state index is 13.0. The number of carbonyl (C=O) groups excluding carboxylic acids is 4. The first kappa shape index (κ1) is 33.2. The van der Waals surface area contributed by atoms with Crippen molar-refractivity contribution in [1.29, 1.82) is 0 Å². The molecule has 0 bridgehead atoms. The minimum Gasteiger partial charge on any atom is -0.393 e. The minimum absolute atomic E-state index is 0.102. The number of carbonyl (C=O) groups is 4. The Kier molecular flexibility index (Phi) is 15.3. The Bertz CT molecular complexity index is 910. The molecule has 2 rings (SSSR count). The van der Waals surface area contributed by atoms with Gasteiger partial charge in [-0.05, 0) is 39.0 Å². The summed E-state index contributed by atoms with van der Waals surface area (Å²) in [5.41, 5.74) is 0. The molecule has 10 heteroatoms. The van der Waals surface area contributed by atoms with Gasteiger partial charge in [-0.15, -0.1) is 0 Å². The second-order valence-electron chi connectivity index (χ2n) is 11.0. The van der Waals surface area contributed by atoms with Gasteiger partial charge >= 0.3 is 0 Å². The van der Waals surface area contributed by atoms with E-state index < -0.39 is 48.1 Å². The summed E-state index contributed by atoms with van der Waals surface area (Å²) in [6.07, 6.45) is 18.8. The predicted octanol–water partition coefficient (Wildman–Crippen LogP) is 1.92. The first-order valence-electron chi connectivity index (χ1n) is 14.7. The molecule has 0 radical (unpaired) electrons. The third-order valence-corrected chi connectivity index (χ3v) is 7.34. The molecule has 4 amide bonds. The lowest BCUT2D eigenvalue weighted by Crippen LogP contribution is -2.58. The van der Waals surface area contributed by atoms with Crippen LogP contribution in [0.1, 0.15) is 84.5 Å². The molecule has 0 aromatic carbocycles. The second kappa shape index (κ2) is 18.4. The van der Waals surface area contributed by atoms with Gasteiger partial charge in [0.15, 0.2) is 0 Å². The van der Waals surface area contributed by atoms with Crippen molar-refractivity contribution in [3.63, 3.8) is 0 Å². The van der Waals surface area contributed by atoms with Crippen molar-refractivity contribution in [2.24, 2.45) is 5.92 Å². The van der Waals surface area contributed by atoms with Crippen LogP contribution in [0.4, 0.5) is 0 Å². The van der Waals surface area contributed by atoms with E-state index in [1.807, 2.05) is 6.08 Å². The summed E-state index contributed by atoms with van der Waals surface area (Å²) in [4.78, 5) is 49.9. The van der Waals surface area contributed by atoms with Crippen molar-refractivity contribution < 1.29 is 29.4 Å². The highest BCUT2D eigenvalue weighted by molar-refractivity contribution is 5.95. The number of hydrogen-bond donors (Lipinski definition) is 6. The molecule has 224 valence electrons. The monoisotopic (exact) mass is 560 g/mol. The van der Waals surface area contributed by atoms with E-state index in [2.05, 4.69) is 21.3 Å². The highest BCUT2D eigenvalue weighted by Crippen LogP contribution is 2.29. The van der Waals surface area contributed by atoms with Crippen molar-refractivity contribution >= 4 is 23.6 Å². The number of allylic oxidation sites excluding steroid dienone is 3. The van der Waals surface area contributed by atoms with E-state index in [0.717, 1.165) is 18.8 Å². The molecule has 10 nitrogen and oxygen atoms in total. The second-order valence-corrected chi connectivity index (χ2v) is 11.0. The predicted molar refractivity (Wildman–Crippen MR) is 154 cm³/mol. The standard InChI is InChI=1S/C30H48N4O6/c1-21-16-17-26(37)31-19-18-24(36)20-25(29(39)32-21)33-30(40)28(22(2)35)34-27(38)15-9-7-5-3-4-6-8-12-23-13-10-11-14-23/h5,7,9,15-17,21-25,28,35-36H,3-4,6,8,10-14,18-20H2,1-2H3,(H,31,37)(H,32,39)(H,33,40)(H,34,38)/b7-5+,15-9+,17-16+/t21-,22+,24-,25-,28-/m0/s1. The zero-order valence-electron chi connectivity index (χ0n) is 23.9. The molecule has 1 fully saturated rings. The quantitative estimate of drug-likeness (QED) is 0.122. The van der Waals surface area contributed by atoms with E-state index in [1.54, 1.807) is 19.1 Å². The van der Waals surface area contributed by atoms with Crippen LogP contribution in [-0.4, -0.2) is 70.7 Å². The fourth-order valence-electron chi connectivity index (χ4n) is 5.00. The fraction of sp³-hybridized carbons (Fsp3) is 0.667. The molecule has 2 aliphatic rings. The Morgan fingerprint density at radius 1 is 1.12 bits per heavy atom. The van der Waals surface area contributed by atoms with Gasteiger partial charge in [-0.25, -0.2) is 0 Å². The SMILES string of the molecule is C[C@H]1/C=C/C(=O)NCC[C@H](O)C[C@H](NC(=O)[C@@H](NC(=O)/C=C/C=C/CCCCCC2CCCC2)[C@@H](C)O)C(=O)N1. The zero-order chi connectivity index (χ0) is 29.3. The van der Waals surface area contributed by atoms with Crippen molar-refractivity contribution in [3.05, 3.63) is 36.5 Å². The van der Waals surface area contributed by atoms with Crippen molar-refractivity contribution in [1.82, 2.24) is 21.3 Å². The first-order chi connectivity index (χ1) is 19.2. The third kappa shape index (κ3) is 13.4. The van der Waals surface area contributed by atoms with Gasteiger partial charge in [0.05, 0.1) is 12.2 Å². The van der Waals surface area contributed by atoms with Crippen molar-refractivity contribution in [2.75, 3.05) is 6.54 Å². The van der Waals surface area contributed by atoms with Gasteiger partial charge in [-0.2, -0.15) is 0 Å². The molecule has 0 aromatic rings. The van der Waals surface area contributed by atoms with Crippen LogP contribution in [0.5, 0.6) is 0 Å². The average Bonchev–Trinajstić information content (AvgIpc) is 3.42. The Balaban J connectivity index is 1.84. The van der Waals surface area contributed by atoms with E-state index in [9.17, 15) is 29.4 Å². The van der Waals surface area contributed by atoms with Crippen LogP contribution in [0, 0.1) is 5.92 Å². The molecule has 6 N–H and O–H groups in total. The molecule has 0 unspecified atom stereocenters.